The fourth-order valence-corrected chi connectivity index (χ4v) is 5.79. The topological polar surface area (TPSA) is 207 Å². The third-order valence-corrected chi connectivity index (χ3v) is 9.20. The van der Waals surface area contributed by atoms with Crippen LogP contribution in [0, 0.1) is 0 Å². The molecule has 15 heteroatoms. The number of hydrogen-bond acceptors (Lipinski definition) is 12. The predicted octanol–water partition coefficient (Wildman–Crippen LogP) is 6.24. The van der Waals surface area contributed by atoms with Crippen molar-refractivity contribution in [3.63, 3.8) is 0 Å². The van der Waals surface area contributed by atoms with Crippen LogP contribution in [0.15, 0.2) is 139 Å². The maximum Gasteiger partial charge on any atom is 3.00 e. The molecule has 0 spiro atoms. The van der Waals surface area contributed by atoms with Gasteiger partial charge < -0.3 is 20.4 Å². The minimum Gasteiger partial charge on any atom is -0.871 e. The normalized spacial score (nSPS) is 11.8. The summed E-state index contributed by atoms with van der Waals surface area (Å²) in [5.74, 6) is -1.34. The molecule has 0 unspecified atom stereocenters. The number of azo groups is 2. The number of hydrogen-bond donors (Lipinski definition) is 1. The van der Waals surface area contributed by atoms with Crippen molar-refractivity contribution < 1.29 is 54.6 Å². The predicted molar refractivity (Wildman–Crippen MR) is 175 cm³/mol. The Bertz CT molecular complexity index is 2300. The summed E-state index contributed by atoms with van der Waals surface area (Å²) in [5, 5.41) is 64.2. The van der Waals surface area contributed by atoms with Gasteiger partial charge in [-0.3, -0.25) is 0 Å². The van der Waals surface area contributed by atoms with E-state index in [1.54, 1.807) is 36.4 Å². The zero-order chi connectivity index (χ0) is 34.6. The van der Waals surface area contributed by atoms with Gasteiger partial charge in [0, 0.05) is 23.3 Å². The molecule has 0 saturated heterocycles. The number of phenolic OH excluding ortho intramolecular Hbond substituents is 1. The first-order valence-corrected chi connectivity index (χ1v) is 17.8. The summed E-state index contributed by atoms with van der Waals surface area (Å²) in [5.41, 5.74) is 0.0880. The Balaban J connectivity index is 0.000000216. The maximum atomic E-state index is 12.0. The molecule has 6 rings (SSSR count). The fourth-order valence-electron chi connectivity index (χ4n) is 4.51. The van der Waals surface area contributed by atoms with Crippen LogP contribution in [0.5, 0.6) is 23.0 Å². The summed E-state index contributed by atoms with van der Waals surface area (Å²) in [6.45, 7) is 0. The van der Waals surface area contributed by atoms with Crippen LogP contribution in [-0.2, 0) is 37.0 Å². The quantitative estimate of drug-likeness (QED) is 0.193. The van der Waals surface area contributed by atoms with Crippen LogP contribution in [0.1, 0.15) is 0 Å². The molecule has 0 fully saturated rings. The average molecular weight is 734 g/mol. The van der Waals surface area contributed by atoms with Crippen LogP contribution in [-0.4, -0.2) is 34.5 Å². The van der Waals surface area contributed by atoms with Crippen molar-refractivity contribution in [2.45, 2.75) is 9.79 Å². The van der Waals surface area contributed by atoms with Gasteiger partial charge in [-0.2, -0.15) is 15.3 Å². The molecular formula is C34H25CrN4O8S2. The average Bonchev–Trinajstić information content (AvgIpc) is 3.04. The van der Waals surface area contributed by atoms with Crippen LogP contribution in [0.3, 0.4) is 0 Å². The molecule has 0 atom stereocenters. The van der Waals surface area contributed by atoms with E-state index in [1.807, 2.05) is 24.3 Å². The second-order valence-electron chi connectivity index (χ2n) is 10.5. The van der Waals surface area contributed by atoms with Gasteiger partial charge in [-0.1, -0.05) is 96.1 Å². The van der Waals surface area contributed by atoms with Gasteiger partial charge in [0.2, 0.25) is 0 Å². The summed E-state index contributed by atoms with van der Waals surface area (Å²) >= 11 is 0. The molecule has 6 aromatic carbocycles. The standard InChI is InChI=1S/2C17H14N2O4S.Cr/c2*1-24(22,23)12-7-9-15(20)14(10-12)18-19-17-13-5-3-2-4-11(13)6-8-16(17)21;/h2*2-10,20-21H,1H3;/q;;+3/p-3. The Morgan fingerprint density at radius 2 is 0.918 bits per heavy atom. The molecule has 49 heavy (non-hydrogen) atoms. The van der Waals surface area contributed by atoms with E-state index in [-0.39, 0.29) is 61.4 Å². The van der Waals surface area contributed by atoms with E-state index in [9.17, 15) is 37.3 Å². The van der Waals surface area contributed by atoms with E-state index in [0.29, 0.717) is 10.8 Å². The van der Waals surface area contributed by atoms with E-state index in [4.69, 9.17) is 0 Å². The number of phenols is 1. The van der Waals surface area contributed by atoms with Gasteiger partial charge in [0.05, 0.1) is 26.9 Å². The minimum absolute atomic E-state index is 0. The van der Waals surface area contributed by atoms with Gasteiger partial charge in [-0.15, -0.1) is 5.11 Å². The molecule has 1 radical (unpaired) electrons. The van der Waals surface area contributed by atoms with E-state index in [2.05, 4.69) is 20.5 Å². The Labute approximate surface area is 292 Å². The third-order valence-electron chi connectivity index (χ3n) is 6.98. The van der Waals surface area contributed by atoms with Crippen molar-refractivity contribution in [2.24, 2.45) is 20.5 Å². The summed E-state index contributed by atoms with van der Waals surface area (Å²) < 4.78 is 46.3. The number of aromatic hydroxyl groups is 1. The van der Waals surface area contributed by atoms with Crippen molar-refractivity contribution in [2.75, 3.05) is 12.5 Å². The summed E-state index contributed by atoms with van der Waals surface area (Å²) in [6, 6.07) is 27.7. The van der Waals surface area contributed by atoms with Gasteiger partial charge in [0.15, 0.2) is 19.7 Å². The van der Waals surface area contributed by atoms with Gasteiger partial charge in [-0.25, -0.2) is 16.8 Å². The summed E-state index contributed by atoms with van der Waals surface area (Å²) in [6.07, 6.45) is 2.08. The monoisotopic (exact) mass is 733 g/mol. The first-order valence-electron chi connectivity index (χ1n) is 14.0. The van der Waals surface area contributed by atoms with Crippen LogP contribution >= 0.6 is 0 Å². The van der Waals surface area contributed by atoms with Crippen molar-refractivity contribution >= 4 is 64.0 Å². The van der Waals surface area contributed by atoms with E-state index in [1.165, 1.54) is 30.3 Å². The first-order chi connectivity index (χ1) is 22.7. The second kappa shape index (κ2) is 14.8. The second-order valence-corrected chi connectivity index (χ2v) is 14.5. The number of rotatable bonds is 6. The van der Waals surface area contributed by atoms with Crippen LogP contribution in [0.4, 0.5) is 22.7 Å². The van der Waals surface area contributed by atoms with Crippen LogP contribution in [0.2, 0.25) is 0 Å². The molecule has 0 aromatic heterocycles. The molecular weight excluding hydrogens is 709 g/mol. The van der Waals surface area contributed by atoms with Crippen LogP contribution in [0.25, 0.3) is 21.5 Å². The van der Waals surface area contributed by atoms with Crippen molar-refractivity contribution in [1.82, 2.24) is 0 Å². The Hall–Kier alpha value is -5.33. The van der Waals surface area contributed by atoms with Gasteiger partial charge in [0.1, 0.15) is 11.4 Å². The minimum atomic E-state index is -3.47. The molecule has 12 nitrogen and oxygen atoms in total. The molecule has 0 aliphatic rings. The van der Waals surface area contributed by atoms with E-state index in [0.717, 1.165) is 41.5 Å². The van der Waals surface area contributed by atoms with Crippen molar-refractivity contribution in [3.8, 4) is 23.0 Å². The molecule has 0 saturated carbocycles. The fraction of sp³-hybridized carbons (Fsp3) is 0.0588. The van der Waals surface area contributed by atoms with Crippen molar-refractivity contribution in [1.29, 1.82) is 0 Å². The van der Waals surface area contributed by atoms with E-state index < -0.39 is 31.2 Å². The molecule has 6 aromatic rings. The van der Waals surface area contributed by atoms with Gasteiger partial charge >= 0.3 is 17.4 Å². The van der Waals surface area contributed by atoms with Crippen LogP contribution < -0.4 is 15.3 Å². The number of fused-ring (bicyclic) bond motifs is 2. The molecule has 0 heterocycles. The molecule has 0 aliphatic carbocycles. The number of benzene rings is 6. The van der Waals surface area contributed by atoms with Crippen molar-refractivity contribution in [3.05, 3.63) is 109 Å². The van der Waals surface area contributed by atoms with Gasteiger partial charge in [0.25, 0.3) is 0 Å². The maximum absolute atomic E-state index is 12.0. The Morgan fingerprint density at radius 3 is 1.41 bits per heavy atom. The number of nitrogens with zero attached hydrogens (tertiary/aromatic N) is 4. The van der Waals surface area contributed by atoms with E-state index >= 15 is 0 Å². The molecule has 0 bridgehead atoms. The smallest absolute Gasteiger partial charge is 0.871 e. The summed E-state index contributed by atoms with van der Waals surface area (Å²) in [4.78, 5) is -0.0468. The van der Waals surface area contributed by atoms with Gasteiger partial charge in [-0.05, 0) is 41.1 Å². The molecule has 0 amide bonds. The largest absolute Gasteiger partial charge is 3.00 e. The zero-order valence-electron chi connectivity index (χ0n) is 25.7. The Morgan fingerprint density at radius 1 is 0.510 bits per heavy atom. The third kappa shape index (κ3) is 8.59. The zero-order valence-corrected chi connectivity index (χ0v) is 28.6. The first kappa shape index (κ1) is 36.5. The SMILES string of the molecule is CS(=O)(=O)c1ccc([O-])c(N=Nc2c(O)ccc3ccccc23)c1.CS(=O)(=O)c1ccc([O-])c(N=Nc2c([O-])ccc3ccccc23)c1.[Cr+3]. The number of sulfone groups is 2. The molecule has 0 aliphatic heterocycles. The molecule has 247 valence electrons. The Kier molecular flexibility index (Phi) is 11.1. The molecule has 1 N–H and O–H groups in total. The summed E-state index contributed by atoms with van der Waals surface area (Å²) in [7, 11) is -6.93.